The Morgan fingerprint density at radius 1 is 0.844 bits per heavy atom. The zero-order valence-electron chi connectivity index (χ0n) is 18.6. The zero-order chi connectivity index (χ0) is 21.8. The lowest BCUT2D eigenvalue weighted by atomic mass is 9.98. The number of imidazole rings is 1. The predicted octanol–water partition coefficient (Wildman–Crippen LogP) is 5.37. The van der Waals surface area contributed by atoms with Crippen molar-refractivity contribution in [1.29, 1.82) is 0 Å². The SMILES string of the molecule is CC=CCN1CCN(c2ccc3ncn(C(c4ccccc4)c4ccccc4)c3c2)CC1. The lowest BCUT2D eigenvalue weighted by Gasteiger charge is -2.35. The lowest BCUT2D eigenvalue weighted by molar-refractivity contribution is 0.284. The highest BCUT2D eigenvalue weighted by molar-refractivity contribution is 5.80. The molecule has 0 spiro atoms. The summed E-state index contributed by atoms with van der Waals surface area (Å²) in [5, 5.41) is 0. The summed E-state index contributed by atoms with van der Waals surface area (Å²) in [7, 11) is 0. The van der Waals surface area contributed by atoms with Crippen molar-refractivity contribution >= 4 is 16.7 Å². The van der Waals surface area contributed by atoms with E-state index in [1.165, 1.54) is 22.3 Å². The van der Waals surface area contributed by atoms with Crippen LogP contribution < -0.4 is 4.90 Å². The van der Waals surface area contributed by atoms with Gasteiger partial charge >= 0.3 is 0 Å². The molecule has 4 aromatic rings. The van der Waals surface area contributed by atoms with E-state index >= 15 is 0 Å². The number of hydrogen-bond donors (Lipinski definition) is 0. The predicted molar refractivity (Wildman–Crippen MR) is 133 cm³/mol. The standard InChI is InChI=1S/C28H30N4/c1-2-3-16-30-17-19-31(20-18-30)25-14-15-26-27(21-25)32(22-29-26)28(23-10-6-4-7-11-23)24-12-8-5-9-13-24/h2-15,21-22,28H,16-20H2,1H3. The van der Waals surface area contributed by atoms with Crippen LogP contribution >= 0.6 is 0 Å². The molecule has 4 nitrogen and oxygen atoms in total. The average Bonchev–Trinajstić information content (AvgIpc) is 3.27. The first-order valence-corrected chi connectivity index (χ1v) is 11.5. The van der Waals surface area contributed by atoms with E-state index in [4.69, 9.17) is 4.98 Å². The maximum atomic E-state index is 4.75. The zero-order valence-corrected chi connectivity index (χ0v) is 18.6. The van der Waals surface area contributed by atoms with Gasteiger partial charge in [-0.25, -0.2) is 4.98 Å². The molecule has 0 saturated carbocycles. The number of hydrogen-bond acceptors (Lipinski definition) is 3. The van der Waals surface area contributed by atoms with Gasteiger partial charge in [-0.05, 0) is 36.2 Å². The van der Waals surface area contributed by atoms with E-state index in [1.54, 1.807) is 0 Å². The van der Waals surface area contributed by atoms with Crippen molar-refractivity contribution in [2.24, 2.45) is 0 Å². The molecule has 0 amide bonds. The Kier molecular flexibility index (Phi) is 6.04. The van der Waals surface area contributed by atoms with Crippen LogP contribution in [0, 0.1) is 0 Å². The molecule has 0 atom stereocenters. The molecule has 0 bridgehead atoms. The third kappa shape index (κ3) is 4.19. The normalized spacial score (nSPS) is 15.2. The number of nitrogens with zero attached hydrogens (tertiary/aromatic N) is 4. The highest BCUT2D eigenvalue weighted by Gasteiger charge is 2.21. The molecule has 0 unspecified atom stereocenters. The van der Waals surface area contributed by atoms with E-state index in [0.717, 1.165) is 38.2 Å². The van der Waals surface area contributed by atoms with Crippen molar-refractivity contribution in [3.63, 3.8) is 0 Å². The fraction of sp³-hybridized carbons (Fsp3) is 0.250. The summed E-state index contributed by atoms with van der Waals surface area (Å²) in [6, 6.07) is 28.2. The van der Waals surface area contributed by atoms with Gasteiger partial charge in [0.15, 0.2) is 0 Å². The third-order valence-electron chi connectivity index (χ3n) is 6.40. The summed E-state index contributed by atoms with van der Waals surface area (Å²) >= 11 is 0. The monoisotopic (exact) mass is 422 g/mol. The topological polar surface area (TPSA) is 24.3 Å². The fourth-order valence-electron chi connectivity index (χ4n) is 4.64. The summed E-state index contributed by atoms with van der Waals surface area (Å²) in [5.74, 6) is 0. The van der Waals surface area contributed by atoms with Crippen molar-refractivity contribution < 1.29 is 0 Å². The molecule has 1 aliphatic rings. The molecule has 3 aromatic carbocycles. The Bertz CT molecular complexity index is 1130. The van der Waals surface area contributed by atoms with Crippen LogP contribution in [0.15, 0.2) is 97.3 Å². The number of fused-ring (bicyclic) bond motifs is 1. The van der Waals surface area contributed by atoms with E-state index in [1.807, 2.05) is 6.33 Å². The molecule has 4 heteroatoms. The molecule has 1 aromatic heterocycles. The van der Waals surface area contributed by atoms with Crippen LogP contribution in [0.25, 0.3) is 11.0 Å². The molecule has 162 valence electrons. The molecule has 1 aliphatic heterocycles. The Hall–Kier alpha value is -3.37. The van der Waals surface area contributed by atoms with Crippen LogP contribution in [0.1, 0.15) is 24.1 Å². The van der Waals surface area contributed by atoms with Gasteiger partial charge in [-0.2, -0.15) is 0 Å². The first-order chi connectivity index (χ1) is 15.8. The molecule has 1 fully saturated rings. The van der Waals surface area contributed by atoms with Gasteiger partial charge in [0.05, 0.1) is 23.4 Å². The third-order valence-corrected chi connectivity index (χ3v) is 6.40. The van der Waals surface area contributed by atoms with Gasteiger partial charge < -0.3 is 9.47 Å². The fourth-order valence-corrected chi connectivity index (χ4v) is 4.64. The summed E-state index contributed by atoms with van der Waals surface area (Å²) < 4.78 is 2.33. The van der Waals surface area contributed by atoms with Crippen molar-refractivity contribution in [3.8, 4) is 0 Å². The number of aromatic nitrogens is 2. The number of piperazine rings is 1. The first kappa shape index (κ1) is 20.5. The Balaban J connectivity index is 1.49. The average molecular weight is 423 g/mol. The van der Waals surface area contributed by atoms with Crippen LogP contribution in [0.4, 0.5) is 5.69 Å². The maximum absolute atomic E-state index is 4.75. The second-order valence-electron chi connectivity index (χ2n) is 8.41. The highest BCUT2D eigenvalue weighted by Crippen LogP contribution is 2.31. The molecule has 32 heavy (non-hydrogen) atoms. The number of benzene rings is 3. The quantitative estimate of drug-likeness (QED) is 0.390. The Labute approximate surface area is 190 Å². The van der Waals surface area contributed by atoms with Gasteiger partial charge in [-0.3, -0.25) is 4.90 Å². The summed E-state index contributed by atoms with van der Waals surface area (Å²) in [5.41, 5.74) is 6.03. The minimum absolute atomic E-state index is 0.0929. The molecule has 1 saturated heterocycles. The maximum Gasteiger partial charge on any atom is 0.0966 e. The Morgan fingerprint density at radius 2 is 1.50 bits per heavy atom. The first-order valence-electron chi connectivity index (χ1n) is 11.5. The van der Waals surface area contributed by atoms with Crippen molar-refractivity contribution in [2.45, 2.75) is 13.0 Å². The van der Waals surface area contributed by atoms with Crippen molar-refractivity contribution in [1.82, 2.24) is 14.5 Å². The highest BCUT2D eigenvalue weighted by atomic mass is 15.3. The molecule has 0 N–H and O–H groups in total. The molecular weight excluding hydrogens is 392 g/mol. The van der Waals surface area contributed by atoms with Gasteiger partial charge in [0, 0.05) is 38.4 Å². The van der Waals surface area contributed by atoms with Crippen LogP contribution in [0.2, 0.25) is 0 Å². The minimum atomic E-state index is 0.0929. The second-order valence-corrected chi connectivity index (χ2v) is 8.41. The van der Waals surface area contributed by atoms with E-state index in [2.05, 4.69) is 112 Å². The largest absolute Gasteiger partial charge is 0.369 e. The minimum Gasteiger partial charge on any atom is -0.369 e. The molecular formula is C28H30N4. The van der Waals surface area contributed by atoms with E-state index < -0.39 is 0 Å². The molecule has 2 heterocycles. The van der Waals surface area contributed by atoms with E-state index in [9.17, 15) is 0 Å². The van der Waals surface area contributed by atoms with Crippen LogP contribution in [-0.4, -0.2) is 47.2 Å². The summed E-state index contributed by atoms with van der Waals surface area (Å²) in [4.78, 5) is 9.77. The van der Waals surface area contributed by atoms with Gasteiger partial charge in [0.1, 0.15) is 0 Å². The number of rotatable bonds is 6. The second kappa shape index (κ2) is 9.41. The van der Waals surface area contributed by atoms with Crippen LogP contribution in [0.5, 0.6) is 0 Å². The Morgan fingerprint density at radius 3 is 2.12 bits per heavy atom. The summed E-state index contributed by atoms with van der Waals surface area (Å²) in [6.07, 6.45) is 6.37. The number of anilines is 1. The van der Waals surface area contributed by atoms with E-state index in [0.29, 0.717) is 0 Å². The van der Waals surface area contributed by atoms with E-state index in [-0.39, 0.29) is 6.04 Å². The molecule has 5 rings (SSSR count). The lowest BCUT2D eigenvalue weighted by Crippen LogP contribution is -2.46. The van der Waals surface area contributed by atoms with Gasteiger partial charge in [-0.15, -0.1) is 0 Å². The molecule has 0 aliphatic carbocycles. The van der Waals surface area contributed by atoms with Crippen molar-refractivity contribution in [2.75, 3.05) is 37.6 Å². The van der Waals surface area contributed by atoms with Crippen LogP contribution in [0.3, 0.4) is 0 Å². The van der Waals surface area contributed by atoms with Crippen molar-refractivity contribution in [3.05, 3.63) is 108 Å². The smallest absolute Gasteiger partial charge is 0.0966 e. The van der Waals surface area contributed by atoms with Gasteiger partial charge in [-0.1, -0.05) is 72.8 Å². The number of allylic oxidation sites excluding steroid dienone is 1. The van der Waals surface area contributed by atoms with Gasteiger partial charge in [0.25, 0.3) is 0 Å². The van der Waals surface area contributed by atoms with Gasteiger partial charge in [0.2, 0.25) is 0 Å². The van der Waals surface area contributed by atoms with Crippen LogP contribution in [-0.2, 0) is 0 Å². The summed E-state index contributed by atoms with van der Waals surface area (Å²) in [6.45, 7) is 7.44. The molecule has 0 radical (unpaired) electrons.